The van der Waals surface area contributed by atoms with Crippen LogP contribution in [0.1, 0.15) is 38.2 Å². The average Bonchev–Trinajstić information content (AvgIpc) is 2.32. The maximum atomic E-state index is 8.84. The average molecular weight is 294 g/mol. The minimum absolute atomic E-state index is 0.339. The van der Waals surface area contributed by atoms with Crippen LogP contribution in [-0.2, 0) is 0 Å². The van der Waals surface area contributed by atoms with Crippen LogP contribution in [0.2, 0.25) is 0 Å². The predicted molar refractivity (Wildman–Crippen MR) is 70.9 cm³/mol. The van der Waals surface area contributed by atoms with Gasteiger partial charge < -0.3 is 4.74 Å². The van der Waals surface area contributed by atoms with Gasteiger partial charge in [0.1, 0.15) is 11.8 Å². The molecule has 1 aliphatic rings. The van der Waals surface area contributed by atoms with E-state index >= 15 is 0 Å². The smallest absolute Gasteiger partial charge is 0.120 e. The summed E-state index contributed by atoms with van der Waals surface area (Å²) in [7, 11) is 0. The molecule has 0 aliphatic heterocycles. The first kappa shape index (κ1) is 12.4. The van der Waals surface area contributed by atoms with Crippen molar-refractivity contribution in [2.24, 2.45) is 5.92 Å². The summed E-state index contributed by atoms with van der Waals surface area (Å²) in [6.07, 6.45) is 5.12. The molecule has 3 heteroatoms. The third-order valence-corrected chi connectivity index (χ3v) is 3.98. The van der Waals surface area contributed by atoms with E-state index in [-0.39, 0.29) is 0 Å². The molecule has 0 atom stereocenters. The van der Waals surface area contributed by atoms with Crippen molar-refractivity contribution in [1.82, 2.24) is 0 Å². The molecule has 1 aliphatic carbocycles. The van der Waals surface area contributed by atoms with Crippen molar-refractivity contribution in [3.8, 4) is 11.8 Å². The van der Waals surface area contributed by atoms with Gasteiger partial charge in [-0.3, -0.25) is 0 Å². The van der Waals surface area contributed by atoms with Crippen molar-refractivity contribution in [1.29, 1.82) is 5.26 Å². The van der Waals surface area contributed by atoms with E-state index in [9.17, 15) is 0 Å². The maximum absolute atomic E-state index is 8.84. The number of benzene rings is 1. The minimum Gasteiger partial charge on any atom is -0.490 e. The summed E-state index contributed by atoms with van der Waals surface area (Å²) in [5.74, 6) is 1.69. The number of hydrogen-bond donors (Lipinski definition) is 0. The molecule has 0 radical (unpaired) electrons. The highest BCUT2D eigenvalue weighted by atomic mass is 79.9. The number of ether oxygens (including phenoxy) is 1. The Morgan fingerprint density at radius 2 is 2.00 bits per heavy atom. The van der Waals surface area contributed by atoms with E-state index in [0.29, 0.717) is 11.7 Å². The Labute approximate surface area is 111 Å². The second kappa shape index (κ2) is 5.55. The molecule has 0 unspecified atom stereocenters. The molecular weight excluding hydrogens is 278 g/mol. The van der Waals surface area contributed by atoms with Crippen LogP contribution in [0.15, 0.2) is 22.7 Å². The fourth-order valence-corrected chi connectivity index (χ4v) is 2.65. The maximum Gasteiger partial charge on any atom is 0.120 e. The number of hydrogen-bond acceptors (Lipinski definition) is 2. The van der Waals surface area contributed by atoms with Gasteiger partial charge in [-0.2, -0.15) is 5.26 Å². The number of rotatable bonds is 2. The van der Waals surface area contributed by atoms with Crippen LogP contribution in [-0.4, -0.2) is 6.10 Å². The molecule has 2 nitrogen and oxygen atoms in total. The van der Waals surface area contributed by atoms with Crippen LogP contribution < -0.4 is 4.74 Å². The molecule has 0 bridgehead atoms. The highest BCUT2D eigenvalue weighted by molar-refractivity contribution is 9.10. The van der Waals surface area contributed by atoms with Crippen LogP contribution in [0.5, 0.6) is 5.75 Å². The van der Waals surface area contributed by atoms with E-state index < -0.39 is 0 Å². The van der Waals surface area contributed by atoms with Crippen molar-refractivity contribution in [2.75, 3.05) is 0 Å². The van der Waals surface area contributed by atoms with Crippen molar-refractivity contribution in [3.63, 3.8) is 0 Å². The lowest BCUT2D eigenvalue weighted by atomic mass is 9.89. The van der Waals surface area contributed by atoms with Gasteiger partial charge in [0, 0.05) is 4.47 Å². The molecule has 17 heavy (non-hydrogen) atoms. The number of halogens is 1. The van der Waals surface area contributed by atoms with E-state index in [1.165, 1.54) is 12.8 Å². The van der Waals surface area contributed by atoms with Crippen molar-refractivity contribution in [2.45, 2.75) is 38.7 Å². The van der Waals surface area contributed by atoms with E-state index in [2.05, 4.69) is 28.9 Å². The Hall–Kier alpha value is -1.01. The zero-order valence-electron chi connectivity index (χ0n) is 9.95. The van der Waals surface area contributed by atoms with Crippen LogP contribution in [0.4, 0.5) is 0 Å². The Balaban J connectivity index is 2.00. The molecule has 90 valence electrons. The largest absolute Gasteiger partial charge is 0.490 e. The van der Waals surface area contributed by atoms with Crippen molar-refractivity contribution >= 4 is 15.9 Å². The topological polar surface area (TPSA) is 33.0 Å². The summed E-state index contributed by atoms with van der Waals surface area (Å²) >= 11 is 3.38. The second-order valence-corrected chi connectivity index (χ2v) is 5.61. The fraction of sp³-hybridized carbons (Fsp3) is 0.500. The Morgan fingerprint density at radius 3 is 2.59 bits per heavy atom. The Kier molecular flexibility index (Phi) is 4.06. The van der Waals surface area contributed by atoms with Crippen molar-refractivity contribution < 1.29 is 4.74 Å². The quantitative estimate of drug-likeness (QED) is 0.815. The van der Waals surface area contributed by atoms with E-state index in [4.69, 9.17) is 10.00 Å². The minimum atomic E-state index is 0.339. The summed E-state index contributed by atoms with van der Waals surface area (Å²) in [6, 6.07) is 7.69. The van der Waals surface area contributed by atoms with Gasteiger partial charge in [-0.05, 0) is 65.7 Å². The molecule has 2 rings (SSSR count). The van der Waals surface area contributed by atoms with Gasteiger partial charge in [0.05, 0.1) is 11.7 Å². The summed E-state index contributed by atoms with van der Waals surface area (Å²) in [5.41, 5.74) is 0.648. The van der Waals surface area contributed by atoms with E-state index in [0.717, 1.165) is 29.0 Å². The van der Waals surface area contributed by atoms with E-state index in [1.807, 2.05) is 12.1 Å². The van der Waals surface area contributed by atoms with Crippen LogP contribution >= 0.6 is 15.9 Å². The molecule has 0 N–H and O–H groups in total. The fourth-order valence-electron chi connectivity index (χ4n) is 2.20. The molecule has 0 heterocycles. The van der Waals surface area contributed by atoms with Gasteiger partial charge in [-0.25, -0.2) is 0 Å². The molecular formula is C14H16BrNO. The van der Waals surface area contributed by atoms with Gasteiger partial charge in [0.15, 0.2) is 0 Å². The van der Waals surface area contributed by atoms with Gasteiger partial charge in [-0.1, -0.05) is 6.92 Å². The first-order valence-electron chi connectivity index (χ1n) is 6.05. The molecule has 1 fully saturated rings. The van der Waals surface area contributed by atoms with Gasteiger partial charge in [0.25, 0.3) is 0 Å². The normalized spacial score (nSPS) is 24.1. The molecule has 0 aromatic heterocycles. The van der Waals surface area contributed by atoms with Crippen LogP contribution in [0.25, 0.3) is 0 Å². The lowest BCUT2D eigenvalue weighted by molar-refractivity contribution is 0.135. The Morgan fingerprint density at radius 1 is 1.29 bits per heavy atom. The molecule has 1 aromatic rings. The zero-order chi connectivity index (χ0) is 12.3. The highest BCUT2D eigenvalue weighted by Gasteiger charge is 2.19. The van der Waals surface area contributed by atoms with Crippen molar-refractivity contribution in [3.05, 3.63) is 28.2 Å². The summed E-state index contributed by atoms with van der Waals surface area (Å²) in [6.45, 7) is 2.30. The molecule has 0 amide bonds. The molecule has 1 aromatic carbocycles. The summed E-state index contributed by atoms with van der Waals surface area (Å²) in [4.78, 5) is 0. The predicted octanol–water partition coefficient (Wildman–Crippen LogP) is 4.28. The Bertz CT molecular complexity index is 430. The zero-order valence-corrected chi connectivity index (χ0v) is 11.5. The molecule has 0 saturated heterocycles. The third kappa shape index (κ3) is 3.23. The summed E-state index contributed by atoms with van der Waals surface area (Å²) in [5, 5.41) is 8.84. The van der Waals surface area contributed by atoms with Gasteiger partial charge in [-0.15, -0.1) is 0 Å². The standard InChI is InChI=1S/C14H16BrNO/c1-10-2-5-12(6-3-10)17-13-7-4-11(9-16)14(15)8-13/h4,7-8,10,12H,2-3,5-6H2,1H3. The second-order valence-electron chi connectivity index (χ2n) is 4.75. The molecule has 0 spiro atoms. The van der Waals surface area contributed by atoms with Crippen LogP contribution in [0.3, 0.4) is 0 Å². The number of nitrogens with zero attached hydrogens (tertiary/aromatic N) is 1. The lowest BCUT2D eigenvalue weighted by Gasteiger charge is -2.26. The van der Waals surface area contributed by atoms with Crippen LogP contribution in [0, 0.1) is 17.2 Å². The third-order valence-electron chi connectivity index (χ3n) is 3.33. The highest BCUT2D eigenvalue weighted by Crippen LogP contribution is 2.29. The lowest BCUT2D eigenvalue weighted by Crippen LogP contribution is -2.23. The van der Waals surface area contributed by atoms with E-state index in [1.54, 1.807) is 6.07 Å². The first-order chi connectivity index (χ1) is 8.19. The number of nitriles is 1. The monoisotopic (exact) mass is 293 g/mol. The summed E-state index contributed by atoms with van der Waals surface area (Å²) < 4.78 is 6.75. The van der Waals surface area contributed by atoms with Gasteiger partial charge in [0.2, 0.25) is 0 Å². The van der Waals surface area contributed by atoms with Gasteiger partial charge >= 0.3 is 0 Å². The molecule has 1 saturated carbocycles. The first-order valence-corrected chi connectivity index (χ1v) is 6.84. The SMILES string of the molecule is CC1CCC(Oc2ccc(C#N)c(Br)c2)CC1.